The van der Waals surface area contributed by atoms with Crippen molar-refractivity contribution in [2.75, 3.05) is 19.3 Å². The molecular formula is C14H20NO3S-. The molecule has 106 valence electrons. The van der Waals surface area contributed by atoms with Gasteiger partial charge in [0.25, 0.3) is 0 Å². The molecule has 0 N–H and O–H groups in total. The molecule has 0 saturated carbocycles. The van der Waals surface area contributed by atoms with Gasteiger partial charge in [-0.05, 0) is 50.4 Å². The zero-order valence-corrected chi connectivity index (χ0v) is 12.0. The average molecular weight is 282 g/mol. The van der Waals surface area contributed by atoms with Crippen LogP contribution in [0.25, 0.3) is 0 Å². The van der Waals surface area contributed by atoms with Gasteiger partial charge in [-0.1, -0.05) is 24.3 Å². The summed E-state index contributed by atoms with van der Waals surface area (Å²) >= 11 is 0. The number of nitrogens with zero attached hydrogens (tertiary/aromatic N) is 1. The second-order valence-electron chi connectivity index (χ2n) is 5.25. The number of hydrogen-bond donors (Lipinski definition) is 0. The minimum Gasteiger partial charge on any atom is -0.748 e. The summed E-state index contributed by atoms with van der Waals surface area (Å²) in [7, 11) is -1.95. The quantitative estimate of drug-likeness (QED) is 0.774. The van der Waals surface area contributed by atoms with E-state index in [-0.39, 0.29) is 5.75 Å². The molecule has 4 nitrogen and oxygen atoms in total. The van der Waals surface area contributed by atoms with Gasteiger partial charge in [0.1, 0.15) is 0 Å². The van der Waals surface area contributed by atoms with E-state index >= 15 is 0 Å². The molecule has 5 heteroatoms. The minimum absolute atomic E-state index is 0.277. The summed E-state index contributed by atoms with van der Waals surface area (Å²) in [5, 5.41) is 0. The van der Waals surface area contributed by atoms with E-state index in [2.05, 4.69) is 24.1 Å². The zero-order chi connectivity index (χ0) is 13.9. The fourth-order valence-electron chi connectivity index (χ4n) is 2.74. The molecule has 19 heavy (non-hydrogen) atoms. The lowest BCUT2D eigenvalue weighted by Gasteiger charge is -2.20. The Morgan fingerprint density at radius 1 is 1.42 bits per heavy atom. The lowest BCUT2D eigenvalue weighted by Crippen LogP contribution is -2.17. The van der Waals surface area contributed by atoms with Crippen LogP contribution in [0.1, 0.15) is 36.4 Å². The molecule has 0 spiro atoms. The van der Waals surface area contributed by atoms with Gasteiger partial charge < -0.3 is 4.55 Å². The molecule has 0 amide bonds. The van der Waals surface area contributed by atoms with Crippen LogP contribution in [0.5, 0.6) is 0 Å². The van der Waals surface area contributed by atoms with Crippen LogP contribution in [0.2, 0.25) is 0 Å². The van der Waals surface area contributed by atoms with E-state index in [4.69, 9.17) is 0 Å². The Bertz CT molecular complexity index is 527. The van der Waals surface area contributed by atoms with Crippen molar-refractivity contribution < 1.29 is 13.0 Å². The summed E-state index contributed by atoms with van der Waals surface area (Å²) < 4.78 is 31.7. The first-order valence-corrected chi connectivity index (χ1v) is 8.26. The van der Waals surface area contributed by atoms with Crippen LogP contribution in [0.15, 0.2) is 24.3 Å². The third kappa shape index (κ3) is 4.30. The number of rotatable bonds is 5. The summed E-state index contributed by atoms with van der Waals surface area (Å²) in [6.07, 6.45) is 3.44. The highest BCUT2D eigenvalue weighted by Gasteiger charge is 2.22. The van der Waals surface area contributed by atoms with Gasteiger partial charge in [-0.15, -0.1) is 0 Å². The van der Waals surface area contributed by atoms with Crippen molar-refractivity contribution in [2.24, 2.45) is 0 Å². The Hall–Kier alpha value is -0.910. The summed E-state index contributed by atoms with van der Waals surface area (Å²) in [6.45, 7) is 1.13. The van der Waals surface area contributed by atoms with Gasteiger partial charge >= 0.3 is 0 Å². The standard InChI is InChI=1S/C14H21NO3S/c1-15-9-3-8-14(15)13-7-2-5-12(11-13)6-4-10-19(16,17)18/h2,5,7,11,14H,3-4,6,8-10H2,1H3,(H,16,17,18)/p-1/t14-/m0/s1. The Kier molecular flexibility index (Phi) is 4.60. The Labute approximate surface area is 115 Å². The maximum absolute atomic E-state index is 10.6. The molecule has 1 atom stereocenters. The average Bonchev–Trinajstić information content (AvgIpc) is 2.74. The van der Waals surface area contributed by atoms with Crippen LogP contribution >= 0.6 is 0 Å². The molecule has 0 aromatic heterocycles. The van der Waals surface area contributed by atoms with Crippen LogP contribution in [0.4, 0.5) is 0 Å². The SMILES string of the molecule is CN1CCC[C@H]1c1cccc(CCCS(=O)(=O)[O-])c1. The van der Waals surface area contributed by atoms with Crippen molar-refractivity contribution in [3.63, 3.8) is 0 Å². The Morgan fingerprint density at radius 2 is 2.21 bits per heavy atom. The molecule has 0 unspecified atom stereocenters. The van der Waals surface area contributed by atoms with E-state index in [1.807, 2.05) is 12.1 Å². The monoisotopic (exact) mass is 282 g/mol. The predicted molar refractivity (Wildman–Crippen MR) is 73.9 cm³/mol. The second kappa shape index (κ2) is 6.03. The van der Waals surface area contributed by atoms with Gasteiger partial charge in [-0.2, -0.15) is 0 Å². The predicted octanol–water partition coefficient (Wildman–Crippen LogP) is 1.93. The fourth-order valence-corrected chi connectivity index (χ4v) is 3.24. The number of likely N-dealkylation sites (tertiary alicyclic amines) is 1. The maximum Gasteiger partial charge on any atom is 0.0946 e. The molecule has 1 aliphatic rings. The molecule has 1 aromatic rings. The topological polar surface area (TPSA) is 60.4 Å². The molecule has 1 aromatic carbocycles. The van der Waals surface area contributed by atoms with Crippen LogP contribution in [-0.4, -0.2) is 37.2 Å². The van der Waals surface area contributed by atoms with Gasteiger partial charge in [0.15, 0.2) is 0 Å². The van der Waals surface area contributed by atoms with Gasteiger partial charge in [-0.3, -0.25) is 4.90 Å². The zero-order valence-electron chi connectivity index (χ0n) is 11.2. The van der Waals surface area contributed by atoms with Crippen molar-refractivity contribution >= 4 is 10.1 Å². The van der Waals surface area contributed by atoms with Crippen molar-refractivity contribution in [3.05, 3.63) is 35.4 Å². The van der Waals surface area contributed by atoms with Gasteiger partial charge in [0.05, 0.1) is 10.1 Å². The third-order valence-corrected chi connectivity index (χ3v) is 4.50. The Morgan fingerprint density at radius 3 is 2.84 bits per heavy atom. The van der Waals surface area contributed by atoms with E-state index in [0.29, 0.717) is 18.9 Å². The van der Waals surface area contributed by atoms with Crippen molar-refractivity contribution in [1.82, 2.24) is 4.90 Å². The first-order valence-electron chi connectivity index (χ1n) is 6.68. The fraction of sp³-hybridized carbons (Fsp3) is 0.571. The molecule has 0 aliphatic carbocycles. The van der Waals surface area contributed by atoms with Crippen LogP contribution in [-0.2, 0) is 16.5 Å². The van der Waals surface area contributed by atoms with Crippen molar-refractivity contribution in [2.45, 2.75) is 31.7 Å². The van der Waals surface area contributed by atoms with E-state index in [0.717, 1.165) is 12.1 Å². The van der Waals surface area contributed by atoms with E-state index in [9.17, 15) is 13.0 Å². The number of benzene rings is 1. The van der Waals surface area contributed by atoms with Crippen LogP contribution in [0, 0.1) is 0 Å². The molecular weight excluding hydrogens is 262 g/mol. The lowest BCUT2D eigenvalue weighted by atomic mass is 10.0. The smallest absolute Gasteiger partial charge is 0.0946 e. The highest BCUT2D eigenvalue weighted by molar-refractivity contribution is 7.85. The van der Waals surface area contributed by atoms with Gasteiger partial charge in [0, 0.05) is 11.8 Å². The summed E-state index contributed by atoms with van der Waals surface area (Å²) in [5.74, 6) is -0.277. The maximum atomic E-state index is 10.6. The molecule has 1 fully saturated rings. The first-order chi connectivity index (χ1) is 8.96. The molecule has 1 saturated heterocycles. The van der Waals surface area contributed by atoms with Crippen LogP contribution < -0.4 is 0 Å². The molecule has 0 radical (unpaired) electrons. The van der Waals surface area contributed by atoms with Gasteiger partial charge in [-0.25, -0.2) is 8.42 Å². The highest BCUT2D eigenvalue weighted by atomic mass is 32.2. The van der Waals surface area contributed by atoms with E-state index in [1.165, 1.54) is 18.4 Å². The second-order valence-corrected chi connectivity index (χ2v) is 6.77. The molecule has 1 aliphatic heterocycles. The molecule has 1 heterocycles. The highest BCUT2D eigenvalue weighted by Crippen LogP contribution is 2.30. The largest absolute Gasteiger partial charge is 0.748 e. The number of aryl methyl sites for hydroxylation is 1. The lowest BCUT2D eigenvalue weighted by molar-refractivity contribution is 0.317. The van der Waals surface area contributed by atoms with Crippen molar-refractivity contribution in [3.8, 4) is 0 Å². The van der Waals surface area contributed by atoms with Gasteiger partial charge in [0.2, 0.25) is 0 Å². The number of hydrogen-bond acceptors (Lipinski definition) is 4. The minimum atomic E-state index is -4.09. The van der Waals surface area contributed by atoms with E-state index < -0.39 is 10.1 Å². The van der Waals surface area contributed by atoms with Crippen molar-refractivity contribution in [1.29, 1.82) is 0 Å². The summed E-state index contributed by atoms with van der Waals surface area (Å²) in [4.78, 5) is 2.35. The first kappa shape index (κ1) is 14.5. The normalized spacial score (nSPS) is 20.8. The van der Waals surface area contributed by atoms with Crippen LogP contribution in [0.3, 0.4) is 0 Å². The third-order valence-electron chi connectivity index (χ3n) is 3.72. The molecule has 0 bridgehead atoms. The Balaban J connectivity index is 1.99. The summed E-state index contributed by atoms with van der Waals surface area (Å²) in [5.41, 5.74) is 2.41. The molecule has 2 rings (SSSR count). The van der Waals surface area contributed by atoms with E-state index in [1.54, 1.807) is 0 Å². The summed E-state index contributed by atoms with van der Waals surface area (Å²) in [6, 6.07) is 8.76.